The Morgan fingerprint density at radius 1 is 1.06 bits per heavy atom. The van der Waals surface area contributed by atoms with Crippen LogP contribution in [0.2, 0.25) is 0 Å². The second kappa shape index (κ2) is 9.77. The molecule has 2 heterocycles. The Morgan fingerprint density at radius 2 is 1.78 bits per heavy atom. The Bertz CT molecular complexity index is 1490. The molecule has 36 heavy (non-hydrogen) atoms. The minimum Gasteiger partial charge on any atom is -0.349 e. The number of anilines is 1. The van der Waals surface area contributed by atoms with Crippen LogP contribution in [0.25, 0.3) is 16.7 Å². The fraction of sp³-hybridized carbons (Fsp3) is 0.296. The smallest absolute Gasteiger partial charge is 0.264 e. The Labute approximate surface area is 208 Å². The molecular weight excluding hydrogens is 456 g/mol. The molecule has 0 aliphatic heterocycles. The van der Waals surface area contributed by atoms with E-state index >= 15 is 0 Å². The summed E-state index contributed by atoms with van der Waals surface area (Å²) in [5, 5.41) is 10.5. The van der Waals surface area contributed by atoms with Crippen molar-refractivity contribution >= 4 is 28.5 Å². The van der Waals surface area contributed by atoms with E-state index < -0.39 is 5.91 Å². The number of amides is 2. The minimum atomic E-state index is -0.430. The summed E-state index contributed by atoms with van der Waals surface area (Å²) in [7, 11) is 0. The van der Waals surface area contributed by atoms with E-state index in [0.717, 1.165) is 42.5 Å². The van der Waals surface area contributed by atoms with E-state index in [1.165, 1.54) is 17.1 Å². The SMILES string of the molecule is Cc1cc(C)cc(-n2ncc3c(=O)n(CC(=O)Nc4ccccc4C(=O)NC4CCCC4)cnc32)c1. The Hall–Kier alpha value is -4.27. The van der Waals surface area contributed by atoms with Crippen molar-refractivity contribution in [3.63, 3.8) is 0 Å². The van der Waals surface area contributed by atoms with Gasteiger partial charge in [-0.3, -0.25) is 19.0 Å². The van der Waals surface area contributed by atoms with E-state index in [0.29, 0.717) is 22.3 Å². The molecule has 2 aromatic carbocycles. The third-order valence-electron chi connectivity index (χ3n) is 6.46. The quantitative estimate of drug-likeness (QED) is 0.435. The van der Waals surface area contributed by atoms with Crippen LogP contribution in [0.5, 0.6) is 0 Å². The third-order valence-corrected chi connectivity index (χ3v) is 6.46. The molecule has 1 fully saturated rings. The predicted octanol–water partition coefficient (Wildman–Crippen LogP) is 3.51. The molecule has 184 valence electrons. The van der Waals surface area contributed by atoms with E-state index in [-0.39, 0.29) is 24.1 Å². The zero-order valence-corrected chi connectivity index (χ0v) is 20.3. The van der Waals surface area contributed by atoms with Crippen molar-refractivity contribution in [1.29, 1.82) is 0 Å². The first kappa shape index (κ1) is 23.5. The lowest BCUT2D eigenvalue weighted by molar-refractivity contribution is -0.116. The van der Waals surface area contributed by atoms with Gasteiger partial charge in [0.25, 0.3) is 11.5 Å². The standard InChI is InChI=1S/C27H28N6O3/c1-17-11-18(2)13-20(12-17)33-25-22(14-29-33)27(36)32(16-28-25)15-24(34)31-23-10-6-5-9-21(23)26(35)30-19-7-3-4-8-19/h5-6,9-14,16,19H,3-4,7-8,15H2,1-2H3,(H,30,35)(H,31,34). The van der Waals surface area contributed by atoms with Gasteiger partial charge in [0.15, 0.2) is 5.65 Å². The highest BCUT2D eigenvalue weighted by Crippen LogP contribution is 2.21. The monoisotopic (exact) mass is 484 g/mol. The lowest BCUT2D eigenvalue weighted by Crippen LogP contribution is -2.33. The number of carbonyl (C=O) groups is 2. The van der Waals surface area contributed by atoms with Crippen LogP contribution in [-0.4, -0.2) is 37.2 Å². The first-order valence-corrected chi connectivity index (χ1v) is 12.1. The molecule has 9 nitrogen and oxygen atoms in total. The lowest BCUT2D eigenvalue weighted by Gasteiger charge is -2.15. The maximum Gasteiger partial charge on any atom is 0.264 e. The molecule has 1 aliphatic carbocycles. The molecule has 0 spiro atoms. The maximum atomic E-state index is 13.1. The van der Waals surface area contributed by atoms with E-state index in [9.17, 15) is 14.4 Å². The Morgan fingerprint density at radius 3 is 2.53 bits per heavy atom. The molecular formula is C27H28N6O3. The number of para-hydroxylation sites is 1. The molecule has 0 radical (unpaired) electrons. The van der Waals surface area contributed by atoms with Crippen LogP contribution >= 0.6 is 0 Å². The summed E-state index contributed by atoms with van der Waals surface area (Å²) in [5.41, 5.74) is 3.84. The zero-order chi connectivity index (χ0) is 25.2. The number of nitrogens with zero attached hydrogens (tertiary/aromatic N) is 4. The molecule has 0 saturated heterocycles. The number of hydrogen-bond donors (Lipinski definition) is 2. The largest absolute Gasteiger partial charge is 0.349 e. The number of rotatable bonds is 6. The highest BCUT2D eigenvalue weighted by Gasteiger charge is 2.20. The van der Waals surface area contributed by atoms with Gasteiger partial charge in [0.1, 0.15) is 18.3 Å². The van der Waals surface area contributed by atoms with Crippen molar-refractivity contribution < 1.29 is 9.59 Å². The summed E-state index contributed by atoms with van der Waals surface area (Å²) in [6.07, 6.45) is 6.99. The van der Waals surface area contributed by atoms with E-state index in [1.54, 1.807) is 28.9 Å². The van der Waals surface area contributed by atoms with Gasteiger partial charge in [0.2, 0.25) is 5.91 Å². The number of hydrogen-bond acceptors (Lipinski definition) is 5. The summed E-state index contributed by atoms with van der Waals surface area (Å²) in [4.78, 5) is 43.1. The molecule has 0 atom stereocenters. The van der Waals surface area contributed by atoms with Crippen LogP contribution in [0.3, 0.4) is 0 Å². The van der Waals surface area contributed by atoms with Gasteiger partial charge in [-0.1, -0.05) is 31.0 Å². The van der Waals surface area contributed by atoms with Gasteiger partial charge in [0, 0.05) is 6.04 Å². The molecule has 0 bridgehead atoms. The molecule has 5 rings (SSSR count). The minimum absolute atomic E-state index is 0.169. The summed E-state index contributed by atoms with van der Waals surface area (Å²) < 4.78 is 2.87. The summed E-state index contributed by atoms with van der Waals surface area (Å²) >= 11 is 0. The van der Waals surface area contributed by atoms with Gasteiger partial charge >= 0.3 is 0 Å². The van der Waals surface area contributed by atoms with Crippen LogP contribution in [0.15, 0.2) is 59.8 Å². The fourth-order valence-corrected chi connectivity index (χ4v) is 4.79. The zero-order valence-electron chi connectivity index (χ0n) is 20.3. The fourth-order valence-electron chi connectivity index (χ4n) is 4.79. The number of carbonyl (C=O) groups excluding carboxylic acids is 2. The number of fused-ring (bicyclic) bond motifs is 1. The molecule has 9 heteroatoms. The Balaban J connectivity index is 1.35. The summed E-state index contributed by atoms with van der Waals surface area (Å²) in [5.74, 6) is -0.641. The molecule has 0 unspecified atom stereocenters. The second-order valence-corrected chi connectivity index (χ2v) is 9.37. The van der Waals surface area contributed by atoms with E-state index in [2.05, 4.69) is 26.8 Å². The second-order valence-electron chi connectivity index (χ2n) is 9.37. The van der Waals surface area contributed by atoms with Crippen molar-refractivity contribution in [2.24, 2.45) is 0 Å². The average Bonchev–Trinajstić information content (AvgIpc) is 3.51. The van der Waals surface area contributed by atoms with Crippen molar-refractivity contribution in [3.05, 3.63) is 82.0 Å². The highest BCUT2D eigenvalue weighted by molar-refractivity contribution is 6.03. The normalized spacial score (nSPS) is 13.7. The molecule has 2 aromatic heterocycles. The molecule has 2 N–H and O–H groups in total. The van der Waals surface area contributed by atoms with E-state index in [4.69, 9.17) is 0 Å². The topological polar surface area (TPSA) is 111 Å². The van der Waals surface area contributed by atoms with E-state index in [1.807, 2.05) is 26.0 Å². The van der Waals surface area contributed by atoms with Gasteiger partial charge in [-0.25, -0.2) is 9.67 Å². The summed E-state index contributed by atoms with van der Waals surface area (Å²) in [6.45, 7) is 3.75. The van der Waals surface area contributed by atoms with Crippen molar-refractivity contribution in [3.8, 4) is 5.69 Å². The van der Waals surface area contributed by atoms with Gasteiger partial charge in [0.05, 0.1) is 23.1 Å². The molecule has 2 amide bonds. The van der Waals surface area contributed by atoms with Crippen molar-refractivity contribution in [1.82, 2.24) is 24.6 Å². The van der Waals surface area contributed by atoms with Crippen LogP contribution in [0, 0.1) is 13.8 Å². The third kappa shape index (κ3) is 4.77. The maximum absolute atomic E-state index is 13.1. The predicted molar refractivity (Wildman–Crippen MR) is 137 cm³/mol. The van der Waals surface area contributed by atoms with Crippen LogP contribution in [0.4, 0.5) is 5.69 Å². The van der Waals surface area contributed by atoms with Gasteiger partial charge < -0.3 is 10.6 Å². The van der Waals surface area contributed by atoms with Gasteiger partial charge in [-0.15, -0.1) is 0 Å². The lowest BCUT2D eigenvalue weighted by atomic mass is 10.1. The van der Waals surface area contributed by atoms with Crippen LogP contribution in [0.1, 0.15) is 47.2 Å². The van der Waals surface area contributed by atoms with Gasteiger partial charge in [-0.2, -0.15) is 5.10 Å². The van der Waals surface area contributed by atoms with Crippen molar-refractivity contribution in [2.75, 3.05) is 5.32 Å². The van der Waals surface area contributed by atoms with Crippen LogP contribution < -0.4 is 16.2 Å². The molecule has 4 aromatic rings. The number of aryl methyl sites for hydroxylation is 2. The Kier molecular flexibility index (Phi) is 6.37. The first-order chi connectivity index (χ1) is 17.4. The number of benzene rings is 2. The number of nitrogens with one attached hydrogen (secondary N) is 2. The van der Waals surface area contributed by atoms with Crippen LogP contribution in [-0.2, 0) is 11.3 Å². The first-order valence-electron chi connectivity index (χ1n) is 12.1. The highest BCUT2D eigenvalue weighted by atomic mass is 16.2. The van der Waals surface area contributed by atoms with Gasteiger partial charge in [-0.05, 0) is 62.1 Å². The van der Waals surface area contributed by atoms with Crippen molar-refractivity contribution in [2.45, 2.75) is 52.1 Å². The molecule has 1 aliphatic rings. The summed E-state index contributed by atoms with van der Waals surface area (Å²) in [6, 6.07) is 13.0. The molecule has 1 saturated carbocycles. The average molecular weight is 485 g/mol. The number of aromatic nitrogens is 4.